The molecule has 0 saturated heterocycles. The Hall–Kier alpha value is -3.87. The number of methoxy groups -OCH3 is 2. The molecule has 7 heteroatoms. The van der Waals surface area contributed by atoms with Crippen LogP contribution in [0.4, 0.5) is 5.69 Å². The molecule has 1 aliphatic rings. The third-order valence-electron chi connectivity index (χ3n) is 5.29. The number of amides is 2. The van der Waals surface area contributed by atoms with Crippen LogP contribution in [-0.4, -0.2) is 31.0 Å². The Balaban J connectivity index is 1.54. The van der Waals surface area contributed by atoms with Gasteiger partial charge in [0, 0.05) is 24.0 Å². The third-order valence-corrected chi connectivity index (χ3v) is 5.29. The maximum atomic E-state index is 13.0. The van der Waals surface area contributed by atoms with E-state index in [1.54, 1.807) is 43.5 Å². The number of nitrogens with one attached hydrogen (secondary N) is 1. The molecule has 1 atom stereocenters. The van der Waals surface area contributed by atoms with E-state index < -0.39 is 6.04 Å². The zero-order valence-corrected chi connectivity index (χ0v) is 17.4. The molecule has 158 valence electrons. The lowest BCUT2D eigenvalue weighted by atomic mass is 10.1. The third kappa shape index (κ3) is 3.94. The first-order valence-corrected chi connectivity index (χ1v) is 9.94. The summed E-state index contributed by atoms with van der Waals surface area (Å²) in [7, 11) is 3.13. The van der Waals surface area contributed by atoms with Crippen LogP contribution in [0.5, 0.6) is 11.5 Å². The Morgan fingerprint density at radius 1 is 1.03 bits per heavy atom. The molecule has 0 bridgehead atoms. The number of benzene rings is 2. The van der Waals surface area contributed by atoms with Gasteiger partial charge < -0.3 is 14.8 Å². The van der Waals surface area contributed by atoms with Crippen molar-refractivity contribution in [3.8, 4) is 11.5 Å². The molecule has 1 aromatic heterocycles. The zero-order chi connectivity index (χ0) is 21.8. The van der Waals surface area contributed by atoms with E-state index in [1.807, 2.05) is 42.5 Å². The summed E-state index contributed by atoms with van der Waals surface area (Å²) in [5.41, 5.74) is 2.68. The van der Waals surface area contributed by atoms with Crippen molar-refractivity contribution < 1.29 is 19.1 Å². The van der Waals surface area contributed by atoms with Crippen molar-refractivity contribution in [1.82, 2.24) is 10.3 Å². The van der Waals surface area contributed by atoms with Gasteiger partial charge in [-0.25, -0.2) is 0 Å². The normalized spacial score (nSPS) is 14.8. The molecule has 31 heavy (non-hydrogen) atoms. The first-order valence-electron chi connectivity index (χ1n) is 9.94. The van der Waals surface area contributed by atoms with E-state index >= 15 is 0 Å². The van der Waals surface area contributed by atoms with Gasteiger partial charge in [0.05, 0.1) is 37.9 Å². The molecule has 2 heterocycles. The average Bonchev–Trinajstić information content (AvgIpc) is 3.09. The number of carbonyl (C=O) groups excluding carboxylic acids is 2. The molecule has 4 rings (SSSR count). The summed E-state index contributed by atoms with van der Waals surface area (Å²) in [6.45, 7) is 0.278. The molecule has 2 aromatic carbocycles. The Kier molecular flexibility index (Phi) is 5.84. The Morgan fingerprint density at radius 3 is 2.58 bits per heavy atom. The van der Waals surface area contributed by atoms with E-state index in [0.717, 1.165) is 11.3 Å². The topological polar surface area (TPSA) is 80.8 Å². The minimum absolute atomic E-state index is 0.0942. The molecule has 1 aliphatic heterocycles. The van der Waals surface area contributed by atoms with Crippen LogP contribution < -0.4 is 19.7 Å². The second kappa shape index (κ2) is 8.87. The van der Waals surface area contributed by atoms with E-state index in [-0.39, 0.29) is 24.8 Å². The van der Waals surface area contributed by atoms with Gasteiger partial charge in [0.15, 0.2) is 11.5 Å². The van der Waals surface area contributed by atoms with Crippen molar-refractivity contribution in [3.05, 3.63) is 83.7 Å². The summed E-state index contributed by atoms with van der Waals surface area (Å²) >= 11 is 0. The van der Waals surface area contributed by atoms with Crippen LogP contribution >= 0.6 is 0 Å². The summed E-state index contributed by atoms with van der Waals surface area (Å²) in [4.78, 5) is 32.0. The molecule has 0 aliphatic carbocycles. The molecule has 0 radical (unpaired) electrons. The standard InChI is InChI=1S/C24H23N3O4/c1-30-20-12-6-8-16(23(20)31-2)15-26-21(28)14-19-22-18(11-7-13-25-22)24(29)27(19)17-9-4-3-5-10-17/h3-13,19H,14-15H2,1-2H3,(H,26,28)/t19-/m0/s1. The fraction of sp³-hybridized carbons (Fsp3) is 0.208. The van der Waals surface area contributed by atoms with Crippen LogP contribution in [0.15, 0.2) is 66.9 Å². The van der Waals surface area contributed by atoms with Crippen LogP contribution in [0.3, 0.4) is 0 Å². The highest BCUT2D eigenvalue weighted by molar-refractivity contribution is 6.11. The van der Waals surface area contributed by atoms with E-state index in [9.17, 15) is 9.59 Å². The van der Waals surface area contributed by atoms with E-state index in [1.165, 1.54) is 0 Å². The molecule has 2 amide bonds. The molecule has 0 spiro atoms. The largest absolute Gasteiger partial charge is 0.493 e. The number of carbonyl (C=O) groups is 2. The molecule has 7 nitrogen and oxygen atoms in total. The van der Waals surface area contributed by atoms with Gasteiger partial charge in [0.25, 0.3) is 5.91 Å². The minimum atomic E-state index is -0.474. The smallest absolute Gasteiger partial charge is 0.260 e. The van der Waals surface area contributed by atoms with Crippen molar-refractivity contribution in [2.75, 3.05) is 19.1 Å². The number of hydrogen-bond donors (Lipinski definition) is 1. The van der Waals surface area contributed by atoms with Crippen molar-refractivity contribution >= 4 is 17.5 Å². The first kappa shape index (κ1) is 20.4. The maximum absolute atomic E-state index is 13.0. The summed E-state index contributed by atoms with van der Waals surface area (Å²) in [6, 6.07) is 17.9. The van der Waals surface area contributed by atoms with Gasteiger partial charge in [0.1, 0.15) is 0 Å². The molecule has 1 N–H and O–H groups in total. The Labute approximate surface area is 180 Å². The van der Waals surface area contributed by atoms with Crippen molar-refractivity contribution in [3.63, 3.8) is 0 Å². The van der Waals surface area contributed by atoms with Gasteiger partial charge in [-0.1, -0.05) is 30.3 Å². The predicted molar refractivity (Wildman–Crippen MR) is 116 cm³/mol. The zero-order valence-electron chi connectivity index (χ0n) is 17.4. The molecule has 0 saturated carbocycles. The van der Waals surface area contributed by atoms with Crippen molar-refractivity contribution in [1.29, 1.82) is 0 Å². The fourth-order valence-electron chi connectivity index (χ4n) is 3.87. The molecule has 0 fully saturated rings. The summed E-state index contributed by atoms with van der Waals surface area (Å²) < 4.78 is 10.7. The van der Waals surface area contributed by atoms with Gasteiger partial charge in [0.2, 0.25) is 5.91 Å². The van der Waals surface area contributed by atoms with E-state index in [4.69, 9.17) is 9.47 Å². The summed E-state index contributed by atoms with van der Waals surface area (Å²) in [6.07, 6.45) is 1.74. The fourth-order valence-corrected chi connectivity index (χ4v) is 3.87. The predicted octanol–water partition coefficient (Wildman–Crippen LogP) is 3.51. The molecule has 0 unspecified atom stereocenters. The lowest BCUT2D eigenvalue weighted by Crippen LogP contribution is -2.33. The Bertz CT molecular complexity index is 1100. The number of anilines is 1. The lowest BCUT2D eigenvalue weighted by molar-refractivity contribution is -0.121. The molecule has 3 aromatic rings. The van der Waals surface area contributed by atoms with Crippen LogP contribution in [-0.2, 0) is 11.3 Å². The number of aromatic nitrogens is 1. The number of para-hydroxylation sites is 2. The lowest BCUT2D eigenvalue weighted by Gasteiger charge is -2.24. The molecular weight excluding hydrogens is 394 g/mol. The number of fused-ring (bicyclic) bond motifs is 1. The minimum Gasteiger partial charge on any atom is -0.493 e. The number of hydrogen-bond acceptors (Lipinski definition) is 5. The van der Waals surface area contributed by atoms with Gasteiger partial charge in [-0.05, 0) is 30.3 Å². The van der Waals surface area contributed by atoms with Crippen LogP contribution in [0.1, 0.15) is 34.1 Å². The van der Waals surface area contributed by atoms with E-state index in [0.29, 0.717) is 22.8 Å². The van der Waals surface area contributed by atoms with Gasteiger partial charge in [-0.15, -0.1) is 0 Å². The average molecular weight is 417 g/mol. The number of rotatable bonds is 7. The molecular formula is C24H23N3O4. The highest BCUT2D eigenvalue weighted by Crippen LogP contribution is 2.38. The van der Waals surface area contributed by atoms with Gasteiger partial charge >= 0.3 is 0 Å². The van der Waals surface area contributed by atoms with Crippen LogP contribution in [0.2, 0.25) is 0 Å². The summed E-state index contributed by atoms with van der Waals surface area (Å²) in [5, 5.41) is 2.93. The Morgan fingerprint density at radius 2 is 1.84 bits per heavy atom. The SMILES string of the molecule is COc1cccc(CNC(=O)C[C@H]2c3ncccc3C(=O)N2c2ccccc2)c1OC. The van der Waals surface area contributed by atoms with Crippen LogP contribution in [0.25, 0.3) is 0 Å². The monoisotopic (exact) mass is 417 g/mol. The summed E-state index contributed by atoms with van der Waals surface area (Å²) in [5.74, 6) is 0.840. The first-order chi connectivity index (χ1) is 15.1. The number of nitrogens with zero attached hydrogens (tertiary/aromatic N) is 2. The maximum Gasteiger partial charge on any atom is 0.260 e. The van der Waals surface area contributed by atoms with Crippen LogP contribution in [0, 0.1) is 0 Å². The van der Waals surface area contributed by atoms with E-state index in [2.05, 4.69) is 10.3 Å². The van der Waals surface area contributed by atoms with Crippen molar-refractivity contribution in [2.45, 2.75) is 19.0 Å². The van der Waals surface area contributed by atoms with Gasteiger partial charge in [-0.3, -0.25) is 19.5 Å². The number of ether oxygens (including phenoxy) is 2. The van der Waals surface area contributed by atoms with Gasteiger partial charge in [-0.2, -0.15) is 0 Å². The highest BCUT2D eigenvalue weighted by atomic mass is 16.5. The second-order valence-corrected chi connectivity index (χ2v) is 7.10. The second-order valence-electron chi connectivity index (χ2n) is 7.10. The number of pyridine rings is 1. The quantitative estimate of drug-likeness (QED) is 0.636. The highest BCUT2D eigenvalue weighted by Gasteiger charge is 2.39. The van der Waals surface area contributed by atoms with Crippen molar-refractivity contribution in [2.24, 2.45) is 0 Å².